The number of hydrogen-bond donors (Lipinski definition) is 2. The third kappa shape index (κ3) is 5.04. The van der Waals surface area contributed by atoms with E-state index < -0.39 is 5.91 Å². The summed E-state index contributed by atoms with van der Waals surface area (Å²) >= 11 is 0. The summed E-state index contributed by atoms with van der Waals surface area (Å²) in [5.74, 6) is 0.0858. The number of imidazole rings is 1. The molecule has 4 aromatic rings. The molecule has 13 nitrogen and oxygen atoms in total. The molecular formula is C28H32N10O3. The van der Waals surface area contributed by atoms with Crippen LogP contribution in [0.5, 0.6) is 0 Å². The fourth-order valence-electron chi connectivity index (χ4n) is 5.07. The van der Waals surface area contributed by atoms with Crippen LogP contribution in [0.1, 0.15) is 49.5 Å². The monoisotopic (exact) mass is 556 g/mol. The number of nitrogens with zero attached hydrogens (tertiary/aromatic N) is 8. The maximum atomic E-state index is 13.2. The van der Waals surface area contributed by atoms with E-state index in [1.54, 1.807) is 27.7 Å². The minimum atomic E-state index is -0.417. The van der Waals surface area contributed by atoms with Crippen molar-refractivity contribution >= 4 is 46.4 Å². The first kappa shape index (κ1) is 26.6. The summed E-state index contributed by atoms with van der Waals surface area (Å²) in [7, 11) is 0. The highest BCUT2D eigenvalue weighted by Crippen LogP contribution is 2.24. The Bertz CT molecular complexity index is 1700. The summed E-state index contributed by atoms with van der Waals surface area (Å²) < 4.78 is 3.35. The van der Waals surface area contributed by atoms with Gasteiger partial charge in [0.05, 0.1) is 23.7 Å². The molecule has 2 N–H and O–H groups in total. The van der Waals surface area contributed by atoms with Gasteiger partial charge >= 0.3 is 0 Å². The molecule has 1 atom stereocenters. The van der Waals surface area contributed by atoms with Gasteiger partial charge in [0, 0.05) is 48.9 Å². The first-order valence-electron chi connectivity index (χ1n) is 13.9. The number of rotatable bonds is 7. The van der Waals surface area contributed by atoms with Crippen LogP contribution in [0.15, 0.2) is 36.3 Å². The maximum Gasteiger partial charge on any atom is 0.254 e. The molecule has 1 aromatic carbocycles. The standard InChI is InChI=1S/C28H32N10O3/c1-4-17(3)31-28-34-27(33-24-20(15-30-38(24)28)12-19-14-23(39)32-25(19)40)37-16-29-21-13-18(6-7-22(21)37)26(41)36-10-8-35(5-2)9-11-36/h6-7,12-13,15-17H,4-5,8-11,14H2,1-3H3,(H,31,33,34)(H,32,39,40). The van der Waals surface area contributed by atoms with Crippen LogP contribution in [0.2, 0.25) is 0 Å². The Morgan fingerprint density at radius 3 is 2.66 bits per heavy atom. The topological polar surface area (TPSA) is 143 Å². The number of carbonyl (C=O) groups is 3. The van der Waals surface area contributed by atoms with Gasteiger partial charge in [0.1, 0.15) is 6.33 Å². The Kier molecular flexibility index (Phi) is 6.95. The van der Waals surface area contributed by atoms with Gasteiger partial charge in [-0.05, 0) is 44.2 Å². The van der Waals surface area contributed by atoms with Crippen LogP contribution in [0.3, 0.4) is 0 Å². The number of likely N-dealkylation sites (N-methyl/N-ethyl adjacent to an activating group) is 1. The average molecular weight is 557 g/mol. The fourth-order valence-corrected chi connectivity index (χ4v) is 5.07. The van der Waals surface area contributed by atoms with E-state index in [0.29, 0.717) is 52.9 Å². The van der Waals surface area contributed by atoms with E-state index in [4.69, 9.17) is 9.97 Å². The number of amides is 3. The molecule has 5 heterocycles. The Labute approximate surface area is 236 Å². The van der Waals surface area contributed by atoms with E-state index in [1.807, 2.05) is 30.0 Å². The van der Waals surface area contributed by atoms with E-state index in [1.165, 1.54) is 0 Å². The quantitative estimate of drug-likeness (QED) is 0.258. The molecule has 13 heteroatoms. The van der Waals surface area contributed by atoms with Gasteiger partial charge in [0.15, 0.2) is 5.65 Å². The Balaban J connectivity index is 1.38. The number of anilines is 1. The highest BCUT2D eigenvalue weighted by atomic mass is 16.2. The largest absolute Gasteiger partial charge is 0.352 e. The highest BCUT2D eigenvalue weighted by Gasteiger charge is 2.25. The lowest BCUT2D eigenvalue weighted by Crippen LogP contribution is -2.48. The SMILES string of the molecule is CCC(C)Nc1nc(-n2cnc3cc(C(=O)N4CCN(CC)CC4)ccc32)nc2c(C=C3CC(=O)NC3=O)cnn12. The Morgan fingerprint density at radius 2 is 1.95 bits per heavy atom. The first-order valence-corrected chi connectivity index (χ1v) is 13.9. The Morgan fingerprint density at radius 1 is 1.15 bits per heavy atom. The third-order valence-corrected chi connectivity index (χ3v) is 7.71. The van der Waals surface area contributed by atoms with Crippen molar-refractivity contribution < 1.29 is 14.4 Å². The van der Waals surface area contributed by atoms with Crippen LogP contribution in [0.25, 0.3) is 28.7 Å². The number of carbonyl (C=O) groups excluding carboxylic acids is 3. The molecule has 41 heavy (non-hydrogen) atoms. The van der Waals surface area contributed by atoms with E-state index >= 15 is 0 Å². The first-order chi connectivity index (χ1) is 19.8. The molecular weight excluding hydrogens is 524 g/mol. The van der Waals surface area contributed by atoms with Crippen LogP contribution in [-0.2, 0) is 9.59 Å². The van der Waals surface area contributed by atoms with Crippen molar-refractivity contribution in [3.05, 3.63) is 47.4 Å². The normalized spacial score (nSPS) is 18.0. The van der Waals surface area contributed by atoms with Crippen LogP contribution in [0.4, 0.5) is 5.95 Å². The maximum absolute atomic E-state index is 13.2. The summed E-state index contributed by atoms with van der Waals surface area (Å²) in [5, 5.41) is 10.1. The van der Waals surface area contributed by atoms with Gasteiger partial charge in [0.25, 0.3) is 11.8 Å². The number of fused-ring (bicyclic) bond motifs is 2. The summed E-state index contributed by atoms with van der Waals surface area (Å²) in [6.45, 7) is 10.4. The molecule has 0 aliphatic carbocycles. The van der Waals surface area contributed by atoms with Crippen molar-refractivity contribution in [3.8, 4) is 5.95 Å². The lowest BCUT2D eigenvalue weighted by Gasteiger charge is -2.34. The third-order valence-electron chi connectivity index (χ3n) is 7.71. The number of aromatic nitrogens is 6. The zero-order chi connectivity index (χ0) is 28.7. The predicted octanol–water partition coefficient (Wildman–Crippen LogP) is 1.88. The summed E-state index contributed by atoms with van der Waals surface area (Å²) in [4.78, 5) is 55.5. The van der Waals surface area contributed by atoms with Gasteiger partial charge in [-0.3, -0.25) is 24.3 Å². The molecule has 6 rings (SSSR count). The molecule has 2 aliphatic heterocycles. The summed E-state index contributed by atoms with van der Waals surface area (Å²) in [6.07, 6.45) is 5.74. The van der Waals surface area contributed by atoms with Gasteiger partial charge in [-0.15, -0.1) is 0 Å². The van der Waals surface area contributed by atoms with Gasteiger partial charge in [-0.1, -0.05) is 13.8 Å². The molecule has 212 valence electrons. The second kappa shape index (κ2) is 10.7. The zero-order valence-electron chi connectivity index (χ0n) is 23.3. The van der Waals surface area contributed by atoms with Crippen LogP contribution < -0.4 is 10.6 Å². The Hall–Kier alpha value is -4.65. The second-order valence-corrected chi connectivity index (χ2v) is 10.4. The number of hydrogen-bond acceptors (Lipinski definition) is 9. The van der Waals surface area contributed by atoms with Gasteiger partial charge < -0.3 is 15.1 Å². The van der Waals surface area contributed by atoms with E-state index in [-0.39, 0.29) is 24.3 Å². The number of imide groups is 1. The molecule has 2 aliphatic rings. The van der Waals surface area contributed by atoms with Gasteiger partial charge in [0.2, 0.25) is 17.8 Å². The van der Waals surface area contributed by atoms with E-state index in [2.05, 4.69) is 39.5 Å². The smallest absolute Gasteiger partial charge is 0.254 e. The highest BCUT2D eigenvalue weighted by molar-refractivity contribution is 6.15. The van der Waals surface area contributed by atoms with Crippen molar-refractivity contribution in [3.63, 3.8) is 0 Å². The summed E-state index contributed by atoms with van der Waals surface area (Å²) in [6, 6.07) is 5.59. The van der Waals surface area contributed by atoms with Crippen LogP contribution in [0, 0.1) is 0 Å². The molecule has 2 fully saturated rings. The molecule has 3 aromatic heterocycles. The van der Waals surface area contributed by atoms with Crippen molar-refractivity contribution in [1.29, 1.82) is 0 Å². The number of nitrogens with one attached hydrogen (secondary N) is 2. The van der Waals surface area contributed by atoms with Crippen LogP contribution in [-0.4, -0.2) is 95.4 Å². The molecule has 1 unspecified atom stereocenters. The molecule has 2 saturated heterocycles. The summed E-state index contributed by atoms with van der Waals surface area (Å²) in [5.41, 5.74) is 3.40. The molecule has 0 bridgehead atoms. The lowest BCUT2D eigenvalue weighted by atomic mass is 10.1. The van der Waals surface area contributed by atoms with Crippen molar-refractivity contribution in [1.82, 2.24) is 44.2 Å². The molecule has 0 spiro atoms. The second-order valence-electron chi connectivity index (χ2n) is 10.4. The van der Waals surface area contributed by atoms with Crippen molar-refractivity contribution in [2.45, 2.75) is 39.7 Å². The number of benzene rings is 1. The minimum Gasteiger partial charge on any atom is -0.352 e. The molecule has 3 amide bonds. The zero-order valence-corrected chi connectivity index (χ0v) is 23.3. The van der Waals surface area contributed by atoms with Crippen LogP contribution >= 0.6 is 0 Å². The van der Waals surface area contributed by atoms with E-state index in [9.17, 15) is 14.4 Å². The van der Waals surface area contributed by atoms with Gasteiger partial charge in [-0.25, -0.2) is 4.98 Å². The predicted molar refractivity (Wildman–Crippen MR) is 153 cm³/mol. The average Bonchev–Trinajstić information content (AvgIpc) is 3.68. The van der Waals surface area contributed by atoms with Gasteiger partial charge in [-0.2, -0.15) is 19.6 Å². The molecule has 0 radical (unpaired) electrons. The molecule has 0 saturated carbocycles. The minimum absolute atomic E-state index is 0.00119. The van der Waals surface area contributed by atoms with E-state index in [0.717, 1.165) is 31.6 Å². The van der Waals surface area contributed by atoms with Crippen molar-refractivity contribution in [2.75, 3.05) is 38.0 Å². The number of piperazine rings is 1. The van der Waals surface area contributed by atoms with Crippen molar-refractivity contribution in [2.24, 2.45) is 0 Å². The fraction of sp³-hybridized carbons (Fsp3) is 0.393. The lowest BCUT2D eigenvalue weighted by molar-refractivity contribution is -0.124.